The summed E-state index contributed by atoms with van der Waals surface area (Å²) >= 11 is 7.43. The van der Waals surface area contributed by atoms with E-state index in [-0.39, 0.29) is 5.02 Å². The number of thiophene rings is 1. The number of halogens is 2. The van der Waals surface area contributed by atoms with Gasteiger partial charge in [-0.2, -0.15) is 5.10 Å². The summed E-state index contributed by atoms with van der Waals surface area (Å²) in [5.74, 6) is 0.125. The van der Waals surface area contributed by atoms with E-state index in [0.717, 1.165) is 16.0 Å². The van der Waals surface area contributed by atoms with Crippen LogP contribution in [0.1, 0.15) is 0 Å². The molecular formula is C14H11ClFN3S. The zero-order valence-electron chi connectivity index (χ0n) is 10.6. The smallest absolute Gasteiger partial charge is 0.141 e. The number of nitrogens with zero attached hydrogens (tertiary/aromatic N) is 2. The summed E-state index contributed by atoms with van der Waals surface area (Å²) in [7, 11) is 1.78. The van der Waals surface area contributed by atoms with Gasteiger partial charge in [-0.3, -0.25) is 4.68 Å². The molecule has 6 heteroatoms. The van der Waals surface area contributed by atoms with Crippen molar-refractivity contribution in [1.29, 1.82) is 0 Å². The van der Waals surface area contributed by atoms with E-state index in [1.807, 2.05) is 17.5 Å². The summed E-state index contributed by atoms with van der Waals surface area (Å²) in [5, 5.41) is 6.47. The SMILES string of the molecule is Cn1nc(-c2ccc(F)c(Cl)c2)c(-c2cccs2)c1N. The van der Waals surface area contributed by atoms with E-state index in [0.29, 0.717) is 11.5 Å². The van der Waals surface area contributed by atoms with Crippen LogP contribution in [0, 0.1) is 5.82 Å². The number of anilines is 1. The fraction of sp³-hybridized carbons (Fsp3) is 0.0714. The number of aryl methyl sites for hydroxylation is 1. The van der Waals surface area contributed by atoms with Crippen molar-refractivity contribution in [2.75, 3.05) is 5.73 Å². The standard InChI is InChI=1S/C14H11ClFN3S/c1-19-14(17)12(11-3-2-6-20-11)13(18-19)8-4-5-10(16)9(15)7-8/h2-7H,17H2,1H3. The molecule has 2 heterocycles. The van der Waals surface area contributed by atoms with Crippen molar-refractivity contribution in [3.63, 3.8) is 0 Å². The van der Waals surface area contributed by atoms with Crippen molar-refractivity contribution >= 4 is 28.8 Å². The Kier molecular flexibility index (Phi) is 3.23. The molecule has 0 unspecified atom stereocenters. The number of hydrogen-bond acceptors (Lipinski definition) is 3. The van der Waals surface area contributed by atoms with Gasteiger partial charge in [0.25, 0.3) is 0 Å². The summed E-state index contributed by atoms with van der Waals surface area (Å²) in [6.07, 6.45) is 0. The first-order valence-corrected chi connectivity index (χ1v) is 7.15. The third-order valence-corrected chi connectivity index (χ3v) is 4.23. The molecule has 102 valence electrons. The lowest BCUT2D eigenvalue weighted by molar-refractivity contribution is 0.628. The van der Waals surface area contributed by atoms with Gasteiger partial charge in [0, 0.05) is 17.5 Å². The second-order valence-corrected chi connectivity index (χ2v) is 5.69. The Balaban J connectivity index is 2.24. The van der Waals surface area contributed by atoms with E-state index in [1.54, 1.807) is 35.2 Å². The Morgan fingerprint density at radius 3 is 2.80 bits per heavy atom. The Hall–Kier alpha value is -1.85. The molecule has 0 spiro atoms. The minimum Gasteiger partial charge on any atom is -0.383 e. The maximum atomic E-state index is 13.3. The van der Waals surface area contributed by atoms with Crippen LogP contribution in [-0.2, 0) is 7.05 Å². The fourth-order valence-electron chi connectivity index (χ4n) is 2.05. The predicted octanol–water partition coefficient (Wildman–Crippen LogP) is 4.19. The Morgan fingerprint density at radius 2 is 2.15 bits per heavy atom. The van der Waals surface area contributed by atoms with Crippen LogP contribution >= 0.6 is 22.9 Å². The largest absolute Gasteiger partial charge is 0.383 e. The third kappa shape index (κ3) is 2.09. The number of hydrogen-bond donors (Lipinski definition) is 1. The highest BCUT2D eigenvalue weighted by Crippen LogP contribution is 2.38. The van der Waals surface area contributed by atoms with Crippen molar-refractivity contribution < 1.29 is 4.39 Å². The van der Waals surface area contributed by atoms with Crippen molar-refractivity contribution in [1.82, 2.24) is 9.78 Å². The van der Waals surface area contributed by atoms with Crippen LogP contribution in [0.4, 0.5) is 10.2 Å². The first-order chi connectivity index (χ1) is 9.58. The summed E-state index contributed by atoms with van der Waals surface area (Å²) in [6, 6.07) is 8.48. The van der Waals surface area contributed by atoms with Crippen LogP contribution in [0.3, 0.4) is 0 Å². The molecule has 0 fully saturated rings. The normalized spacial score (nSPS) is 10.9. The van der Waals surface area contributed by atoms with Crippen LogP contribution in [-0.4, -0.2) is 9.78 Å². The second kappa shape index (κ2) is 4.92. The summed E-state index contributed by atoms with van der Waals surface area (Å²) < 4.78 is 14.9. The van der Waals surface area contributed by atoms with Crippen molar-refractivity contribution in [3.8, 4) is 21.7 Å². The topological polar surface area (TPSA) is 43.8 Å². The molecule has 2 N–H and O–H groups in total. The highest BCUT2D eigenvalue weighted by Gasteiger charge is 2.18. The molecule has 3 nitrogen and oxygen atoms in total. The van der Waals surface area contributed by atoms with Gasteiger partial charge < -0.3 is 5.73 Å². The van der Waals surface area contributed by atoms with Crippen LogP contribution in [0.2, 0.25) is 5.02 Å². The van der Waals surface area contributed by atoms with Gasteiger partial charge in [0.1, 0.15) is 17.3 Å². The quantitative estimate of drug-likeness (QED) is 0.771. The number of benzene rings is 1. The fourth-order valence-corrected chi connectivity index (χ4v) is 3.01. The zero-order chi connectivity index (χ0) is 14.3. The van der Waals surface area contributed by atoms with Gasteiger partial charge in [0.2, 0.25) is 0 Å². The van der Waals surface area contributed by atoms with Crippen molar-refractivity contribution in [2.24, 2.45) is 7.05 Å². The zero-order valence-corrected chi connectivity index (χ0v) is 12.2. The van der Waals surface area contributed by atoms with Crippen LogP contribution in [0.25, 0.3) is 21.7 Å². The number of nitrogen functional groups attached to an aromatic ring is 1. The van der Waals surface area contributed by atoms with E-state index >= 15 is 0 Å². The van der Waals surface area contributed by atoms with E-state index in [4.69, 9.17) is 17.3 Å². The molecule has 2 aromatic heterocycles. The molecule has 0 bridgehead atoms. The average Bonchev–Trinajstić information content (AvgIpc) is 3.03. The molecule has 0 radical (unpaired) electrons. The van der Waals surface area contributed by atoms with Gasteiger partial charge in [-0.15, -0.1) is 11.3 Å². The van der Waals surface area contributed by atoms with Gasteiger partial charge in [0.15, 0.2) is 0 Å². The molecule has 1 aromatic carbocycles. The van der Waals surface area contributed by atoms with E-state index in [9.17, 15) is 4.39 Å². The Bertz CT molecular complexity index is 765. The highest BCUT2D eigenvalue weighted by atomic mass is 35.5. The van der Waals surface area contributed by atoms with E-state index in [1.165, 1.54) is 6.07 Å². The summed E-state index contributed by atoms with van der Waals surface area (Å²) in [4.78, 5) is 1.02. The molecule has 0 aliphatic carbocycles. The van der Waals surface area contributed by atoms with Gasteiger partial charge in [-0.05, 0) is 29.6 Å². The van der Waals surface area contributed by atoms with Crippen LogP contribution in [0.5, 0.6) is 0 Å². The lowest BCUT2D eigenvalue weighted by atomic mass is 10.1. The summed E-state index contributed by atoms with van der Waals surface area (Å²) in [6.45, 7) is 0. The molecule has 0 saturated carbocycles. The van der Waals surface area contributed by atoms with Gasteiger partial charge >= 0.3 is 0 Å². The van der Waals surface area contributed by atoms with Crippen LogP contribution < -0.4 is 5.73 Å². The average molecular weight is 308 g/mol. The molecule has 0 atom stereocenters. The molecule has 0 aliphatic heterocycles. The lowest BCUT2D eigenvalue weighted by Crippen LogP contribution is -1.97. The predicted molar refractivity (Wildman–Crippen MR) is 81.3 cm³/mol. The van der Waals surface area contributed by atoms with Crippen molar-refractivity contribution in [2.45, 2.75) is 0 Å². The van der Waals surface area contributed by atoms with Crippen molar-refractivity contribution in [3.05, 3.63) is 46.6 Å². The van der Waals surface area contributed by atoms with Gasteiger partial charge in [-0.1, -0.05) is 17.7 Å². The Morgan fingerprint density at radius 1 is 1.35 bits per heavy atom. The maximum absolute atomic E-state index is 13.3. The monoisotopic (exact) mass is 307 g/mol. The molecule has 20 heavy (non-hydrogen) atoms. The third-order valence-electron chi connectivity index (χ3n) is 3.05. The van der Waals surface area contributed by atoms with Gasteiger partial charge in [0.05, 0.1) is 10.6 Å². The van der Waals surface area contributed by atoms with E-state index in [2.05, 4.69) is 5.10 Å². The van der Waals surface area contributed by atoms with E-state index < -0.39 is 5.82 Å². The minimum atomic E-state index is -0.447. The Labute approximate surface area is 124 Å². The second-order valence-electron chi connectivity index (χ2n) is 4.34. The molecule has 0 amide bonds. The summed E-state index contributed by atoms with van der Waals surface area (Å²) in [5.41, 5.74) is 8.40. The molecule has 0 aliphatic rings. The first kappa shape index (κ1) is 13.1. The van der Waals surface area contributed by atoms with Gasteiger partial charge in [-0.25, -0.2) is 4.39 Å². The number of nitrogens with two attached hydrogens (primary N) is 1. The lowest BCUT2D eigenvalue weighted by Gasteiger charge is -2.03. The highest BCUT2D eigenvalue weighted by molar-refractivity contribution is 7.13. The molecular weight excluding hydrogens is 297 g/mol. The maximum Gasteiger partial charge on any atom is 0.141 e. The molecule has 3 rings (SSSR count). The number of aromatic nitrogens is 2. The first-order valence-electron chi connectivity index (χ1n) is 5.89. The molecule has 3 aromatic rings. The number of rotatable bonds is 2. The minimum absolute atomic E-state index is 0.0730. The van der Waals surface area contributed by atoms with Crippen LogP contribution in [0.15, 0.2) is 35.7 Å². The molecule has 0 saturated heterocycles.